The molecule has 9 heteroatoms. The van der Waals surface area contributed by atoms with Crippen LogP contribution in [-0.4, -0.2) is 27.6 Å². The molecule has 0 fully saturated rings. The van der Waals surface area contributed by atoms with Gasteiger partial charge in [0.1, 0.15) is 11.9 Å². The first kappa shape index (κ1) is 26.1. The number of hydrogen-bond donors (Lipinski definition) is 3. The van der Waals surface area contributed by atoms with Gasteiger partial charge in [0, 0.05) is 12.1 Å². The summed E-state index contributed by atoms with van der Waals surface area (Å²) in [7, 11) is 0. The molecule has 1 aromatic rings. The topological polar surface area (TPSA) is 62.4 Å². The Hall–Kier alpha value is -0.950. The van der Waals surface area contributed by atoms with Crippen molar-refractivity contribution in [1.82, 2.24) is 10.6 Å². The van der Waals surface area contributed by atoms with E-state index in [0.717, 1.165) is 30.7 Å². The van der Waals surface area contributed by atoms with Crippen LogP contribution in [0.1, 0.15) is 58.8 Å². The van der Waals surface area contributed by atoms with Gasteiger partial charge in [-0.3, -0.25) is 4.79 Å². The number of unbranched alkanes of at least 4 members (excludes halogenated alkanes) is 5. The number of anilines is 1. The summed E-state index contributed by atoms with van der Waals surface area (Å²) < 4.78 is 3.64. The minimum atomic E-state index is -1.76. The molecule has 29 heavy (non-hydrogen) atoms. The number of ether oxygens (including phenoxy) is 1. The fourth-order valence-corrected chi connectivity index (χ4v) is 3.16. The quantitative estimate of drug-likeness (QED) is 0.149. The smallest absolute Gasteiger partial charge is 0.228 e. The third-order valence-electron chi connectivity index (χ3n) is 4.09. The molecule has 0 heterocycles. The number of rotatable bonds is 12. The Labute approximate surface area is 194 Å². The lowest BCUT2D eigenvalue weighted by Crippen LogP contribution is -2.56. The molecule has 0 aliphatic rings. The predicted octanol–water partition coefficient (Wildman–Crippen LogP) is 5.93. The lowest BCUT2D eigenvalue weighted by atomic mass is 10.1. The fourth-order valence-electron chi connectivity index (χ4n) is 2.60. The van der Waals surface area contributed by atoms with Gasteiger partial charge in [0.25, 0.3) is 0 Å². The molecule has 0 saturated carbocycles. The highest BCUT2D eigenvalue weighted by Crippen LogP contribution is 2.29. The summed E-state index contributed by atoms with van der Waals surface area (Å²) >= 11 is 23.3. The molecule has 1 rings (SSSR count). The molecule has 1 amide bonds. The zero-order valence-electron chi connectivity index (χ0n) is 16.9. The van der Waals surface area contributed by atoms with Gasteiger partial charge in [-0.1, -0.05) is 73.8 Å². The highest BCUT2D eigenvalue weighted by atomic mass is 35.6. The van der Waals surface area contributed by atoms with E-state index in [9.17, 15) is 4.79 Å². The van der Waals surface area contributed by atoms with Crippen LogP contribution in [0.3, 0.4) is 0 Å². The molecule has 0 bridgehead atoms. The van der Waals surface area contributed by atoms with Crippen molar-refractivity contribution in [3.8, 4) is 5.75 Å². The molecule has 3 N–H and O–H groups in total. The molecule has 1 aromatic carbocycles. The summed E-state index contributed by atoms with van der Waals surface area (Å²) in [6.07, 6.45) is 5.98. The maximum absolute atomic E-state index is 12.2. The van der Waals surface area contributed by atoms with Crippen molar-refractivity contribution in [2.45, 2.75) is 68.8 Å². The van der Waals surface area contributed by atoms with E-state index in [1.807, 2.05) is 31.2 Å². The Morgan fingerprint density at radius 1 is 1.03 bits per heavy atom. The van der Waals surface area contributed by atoms with Gasteiger partial charge >= 0.3 is 0 Å². The molecule has 164 valence electrons. The van der Waals surface area contributed by atoms with Crippen molar-refractivity contribution in [3.05, 3.63) is 24.3 Å². The molecular formula is C20H30Cl3N3O2S. The number of alkyl halides is 3. The van der Waals surface area contributed by atoms with E-state index in [0.29, 0.717) is 13.0 Å². The van der Waals surface area contributed by atoms with E-state index in [4.69, 9.17) is 51.8 Å². The molecule has 0 radical (unpaired) electrons. The Morgan fingerprint density at radius 2 is 1.66 bits per heavy atom. The van der Waals surface area contributed by atoms with Crippen LogP contribution >= 0.6 is 47.0 Å². The van der Waals surface area contributed by atoms with Crippen LogP contribution in [0.25, 0.3) is 0 Å². The van der Waals surface area contributed by atoms with E-state index >= 15 is 0 Å². The van der Waals surface area contributed by atoms with Gasteiger partial charge in [-0.05, 0) is 49.8 Å². The molecule has 0 aliphatic carbocycles. The molecule has 0 aliphatic heterocycles. The first-order valence-electron chi connectivity index (χ1n) is 9.92. The van der Waals surface area contributed by atoms with E-state index in [1.54, 1.807) is 0 Å². The number of thiocarbonyl (C=S) groups is 1. The first-order valence-corrected chi connectivity index (χ1v) is 11.5. The monoisotopic (exact) mass is 481 g/mol. The highest BCUT2D eigenvalue weighted by Gasteiger charge is 2.34. The van der Waals surface area contributed by atoms with Crippen molar-refractivity contribution in [1.29, 1.82) is 0 Å². The second-order valence-corrected chi connectivity index (χ2v) is 9.39. The van der Waals surface area contributed by atoms with Crippen LogP contribution in [-0.2, 0) is 4.79 Å². The maximum Gasteiger partial charge on any atom is 0.228 e. The second-order valence-electron chi connectivity index (χ2n) is 6.62. The van der Waals surface area contributed by atoms with Crippen molar-refractivity contribution in [2.24, 2.45) is 0 Å². The number of nitrogens with one attached hydrogen (secondary N) is 3. The van der Waals surface area contributed by atoms with Gasteiger partial charge < -0.3 is 20.7 Å². The van der Waals surface area contributed by atoms with E-state index in [2.05, 4.69) is 22.9 Å². The molecule has 1 unspecified atom stereocenters. The minimum Gasteiger partial charge on any atom is -0.494 e. The van der Waals surface area contributed by atoms with E-state index in [-0.39, 0.29) is 11.0 Å². The minimum absolute atomic E-state index is 0.187. The van der Waals surface area contributed by atoms with Crippen molar-refractivity contribution >= 4 is 63.7 Å². The van der Waals surface area contributed by atoms with Gasteiger partial charge in [0.2, 0.25) is 9.70 Å². The van der Waals surface area contributed by atoms with Crippen molar-refractivity contribution < 1.29 is 9.53 Å². The summed E-state index contributed by atoms with van der Waals surface area (Å²) in [5, 5.41) is 8.79. The summed E-state index contributed by atoms with van der Waals surface area (Å²) in [6.45, 7) is 4.69. The van der Waals surface area contributed by atoms with Gasteiger partial charge in [-0.15, -0.1) is 0 Å². The Kier molecular flexibility index (Phi) is 12.7. The van der Waals surface area contributed by atoms with Gasteiger partial charge in [0.05, 0.1) is 6.61 Å². The lowest BCUT2D eigenvalue weighted by molar-refractivity contribution is -0.122. The predicted molar refractivity (Wildman–Crippen MR) is 127 cm³/mol. The maximum atomic E-state index is 12.2. The van der Waals surface area contributed by atoms with E-state index in [1.165, 1.54) is 19.3 Å². The van der Waals surface area contributed by atoms with Gasteiger partial charge in [-0.2, -0.15) is 0 Å². The molecule has 5 nitrogen and oxygen atoms in total. The molecule has 0 spiro atoms. The fraction of sp³-hybridized carbons (Fsp3) is 0.600. The summed E-state index contributed by atoms with van der Waals surface area (Å²) in [6, 6.07) is 7.28. The molecule has 1 atom stereocenters. The number of carbonyl (C=O) groups is 1. The number of hydrogen-bond acceptors (Lipinski definition) is 3. The zero-order chi connectivity index (χ0) is 21.7. The summed E-state index contributed by atoms with van der Waals surface area (Å²) in [5.41, 5.74) is 0.743. The molecule has 0 aromatic heterocycles. The number of halogens is 3. The third-order valence-corrected chi connectivity index (χ3v) is 4.96. The number of carbonyl (C=O) groups excluding carboxylic acids is 1. The van der Waals surface area contributed by atoms with E-state index < -0.39 is 9.96 Å². The summed E-state index contributed by atoms with van der Waals surface area (Å²) in [5.74, 6) is 0.575. The molecular weight excluding hydrogens is 453 g/mol. The van der Waals surface area contributed by atoms with Crippen LogP contribution in [0.5, 0.6) is 5.75 Å². The van der Waals surface area contributed by atoms with Crippen molar-refractivity contribution in [2.75, 3.05) is 11.9 Å². The second kappa shape index (κ2) is 14.1. The SMILES string of the molecule is CCCCCCCCC(=O)NC(NC(=S)Nc1ccc(OCC)cc1)C(Cl)(Cl)Cl. The first-order chi connectivity index (χ1) is 13.8. The lowest BCUT2D eigenvalue weighted by Gasteiger charge is -2.27. The Bertz CT molecular complexity index is 624. The van der Waals surface area contributed by atoms with Crippen LogP contribution in [0.15, 0.2) is 24.3 Å². The van der Waals surface area contributed by atoms with Crippen LogP contribution in [0, 0.1) is 0 Å². The van der Waals surface area contributed by atoms with Crippen LogP contribution < -0.4 is 20.7 Å². The molecule has 0 saturated heterocycles. The van der Waals surface area contributed by atoms with Crippen LogP contribution in [0.4, 0.5) is 5.69 Å². The third kappa shape index (κ3) is 11.7. The largest absolute Gasteiger partial charge is 0.494 e. The highest BCUT2D eigenvalue weighted by molar-refractivity contribution is 7.80. The Morgan fingerprint density at radius 3 is 2.24 bits per heavy atom. The number of benzene rings is 1. The zero-order valence-corrected chi connectivity index (χ0v) is 20.0. The van der Waals surface area contributed by atoms with Gasteiger partial charge in [0.15, 0.2) is 5.11 Å². The number of amides is 1. The van der Waals surface area contributed by atoms with Crippen LogP contribution in [0.2, 0.25) is 0 Å². The summed E-state index contributed by atoms with van der Waals surface area (Å²) in [4.78, 5) is 12.2. The normalized spacial score (nSPS) is 12.2. The van der Waals surface area contributed by atoms with Gasteiger partial charge in [-0.25, -0.2) is 0 Å². The Balaban J connectivity index is 2.49. The van der Waals surface area contributed by atoms with Crippen molar-refractivity contribution in [3.63, 3.8) is 0 Å². The average Bonchev–Trinajstić information content (AvgIpc) is 2.65. The standard InChI is InChI=1S/C20H30Cl3N3O2S/c1-3-5-6-7-8-9-10-17(27)25-18(20(21,22)23)26-19(29)24-15-11-13-16(14-12-15)28-4-2/h11-14,18H,3-10H2,1-2H3,(H,25,27)(H2,24,26,29). The average molecular weight is 483 g/mol.